The molecule has 0 bridgehead atoms. The Hall–Kier alpha value is -1.43. The fourth-order valence-corrected chi connectivity index (χ4v) is 1.21. The normalized spacial score (nSPS) is 12.5. The molecule has 1 aromatic rings. The van der Waals surface area contributed by atoms with Crippen molar-refractivity contribution in [2.24, 2.45) is 0 Å². The van der Waals surface area contributed by atoms with E-state index in [1.165, 1.54) is 6.20 Å². The summed E-state index contributed by atoms with van der Waals surface area (Å²) in [6, 6.07) is 1.76. The lowest BCUT2D eigenvalue weighted by Crippen LogP contribution is -2.26. The van der Waals surface area contributed by atoms with Crippen LogP contribution in [0.3, 0.4) is 0 Å². The third kappa shape index (κ3) is 4.95. The zero-order chi connectivity index (χ0) is 12.7. The molecule has 0 fully saturated rings. The number of hydrogen-bond donors (Lipinski definition) is 3. The Kier molecular flexibility index (Phi) is 5.62. The maximum absolute atomic E-state index is 12.1. The van der Waals surface area contributed by atoms with Crippen LogP contribution in [0.4, 0.5) is 20.2 Å². The van der Waals surface area contributed by atoms with E-state index in [1.807, 2.05) is 6.92 Å². The lowest BCUT2D eigenvalue weighted by atomic mass is 10.3. The largest absolute Gasteiger partial charge is 0.385 e. The highest BCUT2D eigenvalue weighted by atomic mass is 19.3. The predicted molar refractivity (Wildman–Crippen MR) is 63.5 cm³/mol. The molecule has 17 heavy (non-hydrogen) atoms. The van der Waals surface area contributed by atoms with E-state index in [9.17, 15) is 8.78 Å². The molecule has 0 aliphatic carbocycles. The van der Waals surface area contributed by atoms with Gasteiger partial charge in [-0.05, 0) is 12.5 Å². The average Bonchev–Trinajstić information content (AvgIpc) is 2.33. The molecule has 0 aromatic carbocycles. The molecule has 3 N–H and O–H groups in total. The molecule has 1 unspecified atom stereocenters. The summed E-state index contributed by atoms with van der Waals surface area (Å²) in [5.41, 5.74) is 1.43. The summed E-state index contributed by atoms with van der Waals surface area (Å²) in [7, 11) is 0. The van der Waals surface area contributed by atoms with Crippen LogP contribution in [0, 0.1) is 0 Å². The van der Waals surface area contributed by atoms with Crippen molar-refractivity contribution in [1.29, 1.82) is 0 Å². The van der Waals surface area contributed by atoms with E-state index in [4.69, 9.17) is 5.11 Å². The van der Waals surface area contributed by atoms with E-state index in [0.717, 1.165) is 18.7 Å². The fourth-order valence-electron chi connectivity index (χ4n) is 1.21. The summed E-state index contributed by atoms with van der Waals surface area (Å²) in [6.07, 6.45) is -0.235. The summed E-state index contributed by atoms with van der Waals surface area (Å²) >= 11 is 0. The first-order chi connectivity index (χ1) is 8.13. The minimum atomic E-state index is -2.74. The van der Waals surface area contributed by atoms with Crippen molar-refractivity contribution in [1.82, 2.24) is 4.98 Å². The Morgan fingerprint density at radius 3 is 2.53 bits per heavy atom. The number of halogens is 2. The minimum absolute atomic E-state index is 0.198. The molecule has 0 saturated carbocycles. The molecule has 96 valence electrons. The Balaban J connectivity index is 2.48. The SMILES string of the molecule is CCCNc1cncc(NCC(O)C(F)F)c1. The second kappa shape index (κ2) is 7.01. The quantitative estimate of drug-likeness (QED) is 0.687. The molecule has 0 radical (unpaired) electrons. The molecule has 0 aliphatic rings. The lowest BCUT2D eigenvalue weighted by Gasteiger charge is -2.12. The average molecular weight is 245 g/mol. The smallest absolute Gasteiger partial charge is 0.265 e. The van der Waals surface area contributed by atoms with Crippen LogP contribution in [-0.4, -0.2) is 35.7 Å². The summed E-state index contributed by atoms with van der Waals surface area (Å²) in [6.45, 7) is 2.67. The Bertz CT molecular complexity index is 336. The van der Waals surface area contributed by atoms with Gasteiger partial charge in [0.25, 0.3) is 6.43 Å². The van der Waals surface area contributed by atoms with Gasteiger partial charge in [-0.3, -0.25) is 4.98 Å². The summed E-state index contributed by atoms with van der Waals surface area (Å²) in [5, 5.41) is 14.8. The van der Waals surface area contributed by atoms with Gasteiger partial charge in [-0.25, -0.2) is 8.78 Å². The first-order valence-electron chi connectivity index (χ1n) is 5.52. The number of nitrogens with one attached hydrogen (secondary N) is 2. The highest BCUT2D eigenvalue weighted by molar-refractivity contribution is 5.53. The lowest BCUT2D eigenvalue weighted by molar-refractivity contribution is 0.00384. The highest BCUT2D eigenvalue weighted by Gasteiger charge is 2.15. The van der Waals surface area contributed by atoms with Gasteiger partial charge in [-0.2, -0.15) is 0 Å². The van der Waals surface area contributed by atoms with E-state index >= 15 is 0 Å². The van der Waals surface area contributed by atoms with Crippen LogP contribution in [-0.2, 0) is 0 Å². The first kappa shape index (κ1) is 13.6. The molecule has 4 nitrogen and oxygen atoms in total. The van der Waals surface area contributed by atoms with Crippen LogP contribution in [0.25, 0.3) is 0 Å². The molecule has 1 aromatic heterocycles. The van der Waals surface area contributed by atoms with Gasteiger partial charge >= 0.3 is 0 Å². The van der Waals surface area contributed by atoms with Gasteiger partial charge in [-0.1, -0.05) is 6.92 Å². The van der Waals surface area contributed by atoms with Gasteiger partial charge in [0.2, 0.25) is 0 Å². The van der Waals surface area contributed by atoms with Crippen LogP contribution in [0.5, 0.6) is 0 Å². The van der Waals surface area contributed by atoms with E-state index in [1.54, 1.807) is 12.3 Å². The number of aromatic nitrogens is 1. The van der Waals surface area contributed by atoms with Crippen molar-refractivity contribution in [3.63, 3.8) is 0 Å². The van der Waals surface area contributed by atoms with Crippen LogP contribution >= 0.6 is 0 Å². The minimum Gasteiger partial charge on any atom is -0.385 e. The summed E-state index contributed by atoms with van der Waals surface area (Å²) < 4.78 is 24.1. The van der Waals surface area contributed by atoms with Crippen molar-refractivity contribution in [2.45, 2.75) is 25.9 Å². The molecule has 6 heteroatoms. The molecule has 0 amide bonds. The second-order valence-electron chi connectivity index (χ2n) is 3.67. The summed E-state index contributed by atoms with van der Waals surface area (Å²) in [4.78, 5) is 3.97. The number of nitrogens with zero attached hydrogens (tertiary/aromatic N) is 1. The third-order valence-corrected chi connectivity index (χ3v) is 2.12. The van der Waals surface area contributed by atoms with Crippen LogP contribution in [0.2, 0.25) is 0 Å². The molecule has 1 atom stereocenters. The molecule has 0 spiro atoms. The van der Waals surface area contributed by atoms with Gasteiger partial charge in [0, 0.05) is 13.1 Å². The van der Waals surface area contributed by atoms with E-state index < -0.39 is 12.5 Å². The number of aliphatic hydroxyl groups is 1. The molecule has 1 heterocycles. The van der Waals surface area contributed by atoms with Gasteiger partial charge < -0.3 is 15.7 Å². The monoisotopic (exact) mass is 245 g/mol. The number of pyridine rings is 1. The maximum atomic E-state index is 12.1. The van der Waals surface area contributed by atoms with Gasteiger partial charge in [0.05, 0.1) is 23.8 Å². The van der Waals surface area contributed by atoms with Crippen LogP contribution < -0.4 is 10.6 Å². The topological polar surface area (TPSA) is 57.2 Å². The second-order valence-corrected chi connectivity index (χ2v) is 3.67. The number of aliphatic hydroxyl groups excluding tert-OH is 1. The van der Waals surface area contributed by atoms with Gasteiger partial charge in [0.1, 0.15) is 6.10 Å². The molecule has 0 saturated heterocycles. The molecular weight excluding hydrogens is 228 g/mol. The molecule has 1 rings (SSSR count). The van der Waals surface area contributed by atoms with E-state index in [2.05, 4.69) is 15.6 Å². The number of rotatable bonds is 7. The molecular formula is C11H17F2N3O. The Morgan fingerprint density at radius 1 is 1.29 bits per heavy atom. The predicted octanol–water partition coefficient (Wildman–Crippen LogP) is 1.94. The van der Waals surface area contributed by atoms with Gasteiger partial charge in [0.15, 0.2) is 0 Å². The fraction of sp³-hybridized carbons (Fsp3) is 0.545. The zero-order valence-corrected chi connectivity index (χ0v) is 9.66. The highest BCUT2D eigenvalue weighted by Crippen LogP contribution is 2.13. The zero-order valence-electron chi connectivity index (χ0n) is 9.66. The van der Waals surface area contributed by atoms with Crippen LogP contribution in [0.1, 0.15) is 13.3 Å². The van der Waals surface area contributed by atoms with Gasteiger partial charge in [-0.15, -0.1) is 0 Å². The van der Waals surface area contributed by atoms with Crippen molar-refractivity contribution < 1.29 is 13.9 Å². The van der Waals surface area contributed by atoms with Crippen LogP contribution in [0.15, 0.2) is 18.5 Å². The third-order valence-electron chi connectivity index (χ3n) is 2.12. The standard InChI is InChI=1S/C11H17F2N3O/c1-2-3-15-8-4-9(6-14-5-8)16-7-10(17)11(12)13/h4-6,10-11,15-17H,2-3,7H2,1H3. The van der Waals surface area contributed by atoms with E-state index in [0.29, 0.717) is 5.69 Å². The number of hydrogen-bond acceptors (Lipinski definition) is 4. The van der Waals surface area contributed by atoms with E-state index in [-0.39, 0.29) is 6.54 Å². The Morgan fingerprint density at radius 2 is 1.94 bits per heavy atom. The van der Waals surface area contributed by atoms with Crippen molar-refractivity contribution in [2.75, 3.05) is 23.7 Å². The number of anilines is 2. The van der Waals surface area contributed by atoms with Crippen molar-refractivity contribution >= 4 is 11.4 Å². The summed E-state index contributed by atoms with van der Waals surface area (Å²) in [5.74, 6) is 0. The van der Waals surface area contributed by atoms with Crippen molar-refractivity contribution in [3.05, 3.63) is 18.5 Å². The number of alkyl halides is 2. The first-order valence-corrected chi connectivity index (χ1v) is 5.52. The Labute approximate surface area is 99.1 Å². The molecule has 0 aliphatic heterocycles. The van der Waals surface area contributed by atoms with Crippen molar-refractivity contribution in [3.8, 4) is 0 Å². The maximum Gasteiger partial charge on any atom is 0.265 e.